The van der Waals surface area contributed by atoms with Crippen LogP contribution in [0.5, 0.6) is 0 Å². The Hall–Kier alpha value is -1.55. The molecule has 1 aliphatic heterocycles. The zero-order chi connectivity index (χ0) is 13.3. The van der Waals surface area contributed by atoms with Crippen LogP contribution in [0.2, 0.25) is 5.02 Å². The molecule has 1 aromatic carbocycles. The fourth-order valence-electron chi connectivity index (χ4n) is 2.34. The van der Waals surface area contributed by atoms with E-state index in [-0.39, 0.29) is 11.9 Å². The van der Waals surface area contributed by atoms with Gasteiger partial charge in [-0.2, -0.15) is 0 Å². The van der Waals surface area contributed by atoms with Crippen LogP contribution in [-0.2, 0) is 4.79 Å². The molecule has 1 aromatic rings. The summed E-state index contributed by atoms with van der Waals surface area (Å²) in [6.45, 7) is 2.25. The molecule has 0 saturated carbocycles. The Morgan fingerprint density at radius 3 is 2.72 bits per heavy atom. The van der Waals surface area contributed by atoms with Gasteiger partial charge in [0.05, 0.1) is 5.92 Å². The van der Waals surface area contributed by atoms with Crippen LogP contribution in [0, 0.1) is 5.92 Å². The van der Waals surface area contributed by atoms with Crippen molar-refractivity contribution in [3.8, 4) is 0 Å². The minimum Gasteiger partial charge on any atom is -0.481 e. The number of halogens is 1. The zero-order valence-electron chi connectivity index (χ0n) is 9.97. The van der Waals surface area contributed by atoms with E-state index < -0.39 is 11.9 Å². The summed E-state index contributed by atoms with van der Waals surface area (Å²) in [4.78, 5) is 24.9. The number of carboxylic acids is 1. The number of hydrogen-bond donors (Lipinski definition) is 1. The van der Waals surface area contributed by atoms with E-state index in [0.717, 1.165) is 0 Å². The molecule has 0 radical (unpaired) electrons. The van der Waals surface area contributed by atoms with Crippen LogP contribution in [0.4, 0.5) is 0 Å². The first-order chi connectivity index (χ1) is 8.50. The topological polar surface area (TPSA) is 57.6 Å². The SMILES string of the molecule is CC1C(C(=O)O)CCN1C(=O)c1cccc(Cl)c1. The predicted molar refractivity (Wildman–Crippen MR) is 67.7 cm³/mol. The molecule has 2 atom stereocenters. The number of benzene rings is 1. The highest BCUT2D eigenvalue weighted by atomic mass is 35.5. The molecule has 1 fully saturated rings. The number of nitrogens with zero attached hydrogens (tertiary/aromatic N) is 1. The second-order valence-corrected chi connectivity index (χ2v) is 4.92. The highest BCUT2D eigenvalue weighted by Crippen LogP contribution is 2.26. The van der Waals surface area contributed by atoms with Crippen molar-refractivity contribution in [3.05, 3.63) is 34.9 Å². The van der Waals surface area contributed by atoms with Crippen molar-refractivity contribution in [1.29, 1.82) is 0 Å². The van der Waals surface area contributed by atoms with Crippen molar-refractivity contribution in [3.63, 3.8) is 0 Å². The van der Waals surface area contributed by atoms with E-state index in [4.69, 9.17) is 16.7 Å². The van der Waals surface area contributed by atoms with Gasteiger partial charge in [-0.3, -0.25) is 9.59 Å². The second kappa shape index (κ2) is 4.98. The quantitative estimate of drug-likeness (QED) is 0.894. The molecule has 1 saturated heterocycles. The molecule has 1 aliphatic rings. The standard InChI is InChI=1S/C13H14ClNO3/c1-8-11(13(17)18)5-6-15(8)12(16)9-3-2-4-10(14)7-9/h2-4,7-8,11H,5-6H2,1H3,(H,17,18). The minimum absolute atomic E-state index is 0.159. The molecule has 0 aliphatic carbocycles. The third-order valence-corrected chi connectivity index (χ3v) is 3.64. The average molecular weight is 268 g/mol. The van der Waals surface area contributed by atoms with Gasteiger partial charge in [-0.25, -0.2) is 0 Å². The van der Waals surface area contributed by atoms with Gasteiger partial charge >= 0.3 is 5.97 Å². The molecule has 0 bridgehead atoms. The van der Waals surface area contributed by atoms with Crippen molar-refractivity contribution in [2.75, 3.05) is 6.54 Å². The number of likely N-dealkylation sites (tertiary alicyclic amines) is 1. The molecule has 0 spiro atoms. The maximum absolute atomic E-state index is 12.3. The summed E-state index contributed by atoms with van der Waals surface area (Å²) in [6, 6.07) is 6.42. The summed E-state index contributed by atoms with van der Waals surface area (Å²) in [5, 5.41) is 9.54. The lowest BCUT2D eigenvalue weighted by atomic mass is 10.0. The van der Waals surface area contributed by atoms with Gasteiger partial charge in [0.1, 0.15) is 0 Å². The van der Waals surface area contributed by atoms with Gasteiger partial charge in [-0.1, -0.05) is 17.7 Å². The molecule has 96 valence electrons. The molecular formula is C13H14ClNO3. The third kappa shape index (κ3) is 2.34. The Kier molecular flexibility index (Phi) is 3.57. The van der Waals surface area contributed by atoms with Crippen LogP contribution in [-0.4, -0.2) is 34.5 Å². The molecule has 5 heteroatoms. The maximum Gasteiger partial charge on any atom is 0.308 e. The van der Waals surface area contributed by atoms with E-state index in [2.05, 4.69) is 0 Å². The Morgan fingerprint density at radius 1 is 1.44 bits per heavy atom. The van der Waals surface area contributed by atoms with Gasteiger partial charge in [0, 0.05) is 23.2 Å². The van der Waals surface area contributed by atoms with Crippen LogP contribution >= 0.6 is 11.6 Å². The molecule has 2 rings (SSSR count). The lowest BCUT2D eigenvalue weighted by Gasteiger charge is -2.23. The highest BCUT2D eigenvalue weighted by Gasteiger charge is 2.38. The lowest BCUT2D eigenvalue weighted by Crippen LogP contribution is -2.37. The summed E-state index contributed by atoms with van der Waals surface area (Å²) in [5.74, 6) is -1.48. The van der Waals surface area contributed by atoms with Crippen molar-refractivity contribution in [2.24, 2.45) is 5.92 Å². The van der Waals surface area contributed by atoms with Crippen molar-refractivity contribution < 1.29 is 14.7 Å². The third-order valence-electron chi connectivity index (χ3n) is 3.40. The van der Waals surface area contributed by atoms with E-state index >= 15 is 0 Å². The van der Waals surface area contributed by atoms with E-state index in [9.17, 15) is 9.59 Å². The Labute approximate surface area is 110 Å². The number of carbonyl (C=O) groups excluding carboxylic acids is 1. The first-order valence-corrected chi connectivity index (χ1v) is 6.18. The molecule has 1 heterocycles. The fraction of sp³-hybridized carbons (Fsp3) is 0.385. The largest absolute Gasteiger partial charge is 0.481 e. The van der Waals surface area contributed by atoms with Gasteiger partial charge in [-0.15, -0.1) is 0 Å². The number of hydrogen-bond acceptors (Lipinski definition) is 2. The molecule has 0 aromatic heterocycles. The summed E-state index contributed by atoms with van der Waals surface area (Å²) in [7, 11) is 0. The van der Waals surface area contributed by atoms with Crippen LogP contribution in [0.1, 0.15) is 23.7 Å². The fourth-order valence-corrected chi connectivity index (χ4v) is 2.53. The van der Waals surface area contributed by atoms with Crippen molar-refractivity contribution in [2.45, 2.75) is 19.4 Å². The highest BCUT2D eigenvalue weighted by molar-refractivity contribution is 6.30. The first kappa shape index (κ1) is 12.9. The Balaban J connectivity index is 2.18. The van der Waals surface area contributed by atoms with Crippen LogP contribution in [0.25, 0.3) is 0 Å². The number of rotatable bonds is 2. The summed E-state index contributed by atoms with van der Waals surface area (Å²) in [6.07, 6.45) is 0.503. The van der Waals surface area contributed by atoms with Crippen LogP contribution in [0.3, 0.4) is 0 Å². The minimum atomic E-state index is -0.844. The van der Waals surface area contributed by atoms with E-state index in [1.165, 1.54) is 0 Å². The van der Waals surface area contributed by atoms with Gasteiger partial charge in [0.25, 0.3) is 5.91 Å². The van der Waals surface area contributed by atoms with Crippen molar-refractivity contribution >= 4 is 23.5 Å². The first-order valence-electron chi connectivity index (χ1n) is 5.80. The van der Waals surface area contributed by atoms with Gasteiger partial charge in [0.2, 0.25) is 0 Å². The summed E-state index contributed by atoms with van der Waals surface area (Å²) >= 11 is 5.85. The average Bonchev–Trinajstić information content (AvgIpc) is 2.70. The molecular weight excluding hydrogens is 254 g/mol. The lowest BCUT2D eigenvalue weighted by molar-refractivity contribution is -0.142. The van der Waals surface area contributed by atoms with Crippen LogP contribution < -0.4 is 0 Å². The Morgan fingerprint density at radius 2 is 2.17 bits per heavy atom. The molecule has 18 heavy (non-hydrogen) atoms. The number of carboxylic acid groups (broad SMARTS) is 1. The predicted octanol–water partition coefficient (Wildman–Crippen LogP) is 2.28. The van der Waals surface area contributed by atoms with Crippen molar-refractivity contribution in [1.82, 2.24) is 4.90 Å². The monoisotopic (exact) mass is 267 g/mol. The number of carbonyl (C=O) groups is 2. The Bertz CT molecular complexity index is 489. The molecule has 1 amide bonds. The second-order valence-electron chi connectivity index (χ2n) is 4.48. The number of aliphatic carboxylic acids is 1. The molecule has 2 unspecified atom stereocenters. The molecule has 1 N–H and O–H groups in total. The van der Waals surface area contributed by atoms with E-state index in [0.29, 0.717) is 23.6 Å². The smallest absolute Gasteiger partial charge is 0.308 e. The van der Waals surface area contributed by atoms with Gasteiger partial charge in [-0.05, 0) is 31.5 Å². The zero-order valence-corrected chi connectivity index (χ0v) is 10.7. The molecule has 4 nitrogen and oxygen atoms in total. The van der Waals surface area contributed by atoms with E-state index in [1.54, 1.807) is 36.1 Å². The van der Waals surface area contributed by atoms with Gasteiger partial charge < -0.3 is 10.0 Å². The maximum atomic E-state index is 12.3. The van der Waals surface area contributed by atoms with E-state index in [1.807, 2.05) is 0 Å². The normalized spacial score (nSPS) is 23.1. The number of amides is 1. The van der Waals surface area contributed by atoms with Gasteiger partial charge in [0.15, 0.2) is 0 Å². The van der Waals surface area contributed by atoms with Crippen LogP contribution in [0.15, 0.2) is 24.3 Å². The summed E-state index contributed by atoms with van der Waals surface area (Å²) in [5.41, 5.74) is 0.500. The summed E-state index contributed by atoms with van der Waals surface area (Å²) < 4.78 is 0.